The number of carbonyl (C=O) groups excluding carboxylic acids is 1. The Kier molecular flexibility index (Phi) is 7.49. The number of halogens is 4. The van der Waals surface area contributed by atoms with Gasteiger partial charge in [0.1, 0.15) is 0 Å². The molecule has 0 saturated carbocycles. The number of aromatic nitrogens is 3. The van der Waals surface area contributed by atoms with Crippen LogP contribution in [0.1, 0.15) is 0 Å². The summed E-state index contributed by atoms with van der Waals surface area (Å²) in [5.41, 5.74) is 1.21. The number of anilines is 1. The Morgan fingerprint density at radius 1 is 1.07 bits per heavy atom. The van der Waals surface area contributed by atoms with E-state index in [9.17, 15) is 4.79 Å². The van der Waals surface area contributed by atoms with Crippen molar-refractivity contribution in [1.29, 1.82) is 0 Å². The van der Waals surface area contributed by atoms with Crippen molar-refractivity contribution in [2.75, 3.05) is 11.1 Å². The summed E-state index contributed by atoms with van der Waals surface area (Å²) in [5, 5.41) is 13.5. The molecule has 1 amide bonds. The number of hydrogen-bond donors (Lipinski definition) is 1. The lowest BCUT2D eigenvalue weighted by atomic mass is 10.2. The molecule has 150 valence electrons. The maximum atomic E-state index is 12.3. The van der Waals surface area contributed by atoms with Crippen LogP contribution in [0, 0.1) is 0 Å². The Morgan fingerprint density at radius 3 is 2.55 bits per heavy atom. The second-order valence-corrected chi connectivity index (χ2v) is 8.40. The normalized spacial score (nSPS) is 10.8. The molecule has 29 heavy (non-hydrogen) atoms. The topological polar surface area (TPSA) is 59.8 Å². The average Bonchev–Trinajstić information content (AvgIpc) is 3.08. The van der Waals surface area contributed by atoms with Gasteiger partial charge in [0.15, 0.2) is 11.0 Å². The predicted octanol–water partition coefficient (Wildman–Crippen LogP) is 6.48. The van der Waals surface area contributed by atoms with Crippen LogP contribution in [0.4, 0.5) is 5.69 Å². The van der Waals surface area contributed by atoms with Crippen LogP contribution in [-0.4, -0.2) is 26.4 Å². The number of thioether (sulfide) groups is 1. The van der Waals surface area contributed by atoms with Crippen LogP contribution < -0.4 is 5.32 Å². The van der Waals surface area contributed by atoms with Gasteiger partial charge in [-0.05, 0) is 36.4 Å². The molecule has 3 rings (SSSR count). The van der Waals surface area contributed by atoms with Crippen LogP contribution in [-0.2, 0) is 11.3 Å². The number of hydrogen-bond acceptors (Lipinski definition) is 4. The van der Waals surface area contributed by atoms with Crippen molar-refractivity contribution in [2.45, 2.75) is 11.7 Å². The monoisotopic (exact) mass is 486 g/mol. The molecule has 1 N–H and O–H groups in total. The summed E-state index contributed by atoms with van der Waals surface area (Å²) in [5.74, 6) is 0.465. The van der Waals surface area contributed by atoms with Crippen molar-refractivity contribution in [2.24, 2.45) is 0 Å². The SMILES string of the molecule is C=CCn1c(SCC(=O)Nc2cc(Cl)ccc2Cl)nnc1-c1ccc(Cl)c(Cl)c1. The van der Waals surface area contributed by atoms with Gasteiger partial charge in [-0.2, -0.15) is 0 Å². The number of rotatable bonds is 7. The standard InChI is InChI=1S/C19H14Cl4N4OS/c1-2-7-27-18(11-3-5-13(21)15(23)8-11)25-26-19(27)29-10-17(28)24-16-9-12(20)4-6-14(16)22/h2-6,8-9H,1,7,10H2,(H,24,28). The van der Waals surface area contributed by atoms with Gasteiger partial charge in [-0.25, -0.2) is 0 Å². The Bertz CT molecular complexity index is 1070. The van der Waals surface area contributed by atoms with E-state index in [-0.39, 0.29) is 11.7 Å². The van der Waals surface area contributed by atoms with Crippen LogP contribution in [0.3, 0.4) is 0 Å². The summed E-state index contributed by atoms with van der Waals surface area (Å²) >= 11 is 25.4. The third-order valence-corrected chi connectivity index (χ3v) is 6.01. The second kappa shape index (κ2) is 9.87. The van der Waals surface area contributed by atoms with Gasteiger partial charge in [0, 0.05) is 17.1 Å². The van der Waals surface area contributed by atoms with Gasteiger partial charge in [0.05, 0.1) is 26.5 Å². The van der Waals surface area contributed by atoms with Gasteiger partial charge in [0.2, 0.25) is 5.91 Å². The summed E-state index contributed by atoms with van der Waals surface area (Å²) in [4.78, 5) is 12.3. The van der Waals surface area contributed by atoms with E-state index in [2.05, 4.69) is 22.1 Å². The highest BCUT2D eigenvalue weighted by molar-refractivity contribution is 7.99. The minimum absolute atomic E-state index is 0.111. The van der Waals surface area contributed by atoms with Crippen LogP contribution in [0.5, 0.6) is 0 Å². The van der Waals surface area contributed by atoms with Crippen molar-refractivity contribution in [3.63, 3.8) is 0 Å². The first-order chi connectivity index (χ1) is 13.9. The molecule has 1 aromatic heterocycles. The van der Waals surface area contributed by atoms with E-state index in [1.807, 2.05) is 4.57 Å². The quantitative estimate of drug-likeness (QED) is 0.306. The van der Waals surface area contributed by atoms with Gasteiger partial charge >= 0.3 is 0 Å². The van der Waals surface area contributed by atoms with Gasteiger partial charge in [-0.15, -0.1) is 16.8 Å². The number of nitrogens with zero attached hydrogens (tertiary/aromatic N) is 3. The van der Waals surface area contributed by atoms with Crippen molar-refractivity contribution >= 4 is 69.8 Å². The van der Waals surface area contributed by atoms with E-state index in [1.165, 1.54) is 11.8 Å². The second-order valence-electron chi connectivity index (χ2n) is 5.80. The summed E-state index contributed by atoms with van der Waals surface area (Å²) < 4.78 is 1.84. The van der Waals surface area contributed by atoms with Crippen LogP contribution >= 0.6 is 58.2 Å². The zero-order valence-corrected chi connectivity index (χ0v) is 18.7. The molecule has 0 fully saturated rings. The number of amides is 1. The highest BCUT2D eigenvalue weighted by Crippen LogP contribution is 2.30. The minimum Gasteiger partial charge on any atom is -0.324 e. The molecule has 0 aliphatic carbocycles. The Balaban J connectivity index is 1.76. The third kappa shape index (κ3) is 5.47. The van der Waals surface area contributed by atoms with Gasteiger partial charge in [-0.1, -0.05) is 64.2 Å². The minimum atomic E-state index is -0.247. The summed E-state index contributed by atoms with van der Waals surface area (Å²) in [6, 6.07) is 10.1. The third-order valence-electron chi connectivity index (χ3n) is 3.74. The van der Waals surface area contributed by atoms with Crippen LogP contribution in [0.25, 0.3) is 11.4 Å². The van der Waals surface area contributed by atoms with Gasteiger partial charge in [0.25, 0.3) is 0 Å². The van der Waals surface area contributed by atoms with E-state index in [4.69, 9.17) is 46.4 Å². The van der Waals surface area contributed by atoms with Crippen molar-refractivity contribution in [3.05, 3.63) is 69.1 Å². The molecule has 10 heteroatoms. The maximum absolute atomic E-state index is 12.3. The average molecular weight is 488 g/mol. The zero-order valence-electron chi connectivity index (χ0n) is 14.8. The molecule has 0 atom stereocenters. The van der Waals surface area contributed by atoms with Crippen LogP contribution in [0.2, 0.25) is 20.1 Å². The lowest BCUT2D eigenvalue weighted by Gasteiger charge is -2.09. The summed E-state index contributed by atoms with van der Waals surface area (Å²) in [6.45, 7) is 4.24. The zero-order chi connectivity index (χ0) is 21.0. The van der Waals surface area contributed by atoms with Crippen molar-refractivity contribution < 1.29 is 4.79 Å². The first kappa shape index (κ1) is 22.0. The summed E-state index contributed by atoms with van der Waals surface area (Å²) in [6.07, 6.45) is 1.72. The number of benzene rings is 2. The number of nitrogens with one attached hydrogen (secondary N) is 1. The van der Waals surface area contributed by atoms with Crippen molar-refractivity contribution in [1.82, 2.24) is 14.8 Å². The molecular formula is C19H14Cl4N4OS. The largest absolute Gasteiger partial charge is 0.324 e. The molecule has 5 nitrogen and oxygen atoms in total. The smallest absolute Gasteiger partial charge is 0.234 e. The first-order valence-electron chi connectivity index (χ1n) is 8.26. The molecule has 2 aromatic carbocycles. The van der Waals surface area contributed by atoms with E-state index in [0.29, 0.717) is 43.3 Å². The summed E-state index contributed by atoms with van der Waals surface area (Å²) in [7, 11) is 0. The Morgan fingerprint density at radius 2 is 1.83 bits per heavy atom. The maximum Gasteiger partial charge on any atom is 0.234 e. The fourth-order valence-corrected chi connectivity index (χ4v) is 3.83. The Labute approximate surface area is 192 Å². The molecule has 0 radical (unpaired) electrons. The molecule has 0 spiro atoms. The molecule has 0 aliphatic rings. The van der Waals surface area contributed by atoms with E-state index in [1.54, 1.807) is 42.5 Å². The fraction of sp³-hybridized carbons (Fsp3) is 0.105. The van der Waals surface area contributed by atoms with Gasteiger partial charge in [-0.3, -0.25) is 9.36 Å². The number of carbonyl (C=O) groups is 1. The molecule has 0 bridgehead atoms. The molecule has 3 aromatic rings. The molecular weight excluding hydrogens is 474 g/mol. The highest BCUT2D eigenvalue weighted by atomic mass is 35.5. The Hall–Kier alpha value is -1.70. The van der Waals surface area contributed by atoms with E-state index < -0.39 is 0 Å². The first-order valence-corrected chi connectivity index (χ1v) is 10.8. The molecule has 0 unspecified atom stereocenters. The lowest BCUT2D eigenvalue weighted by molar-refractivity contribution is -0.113. The molecule has 1 heterocycles. The van der Waals surface area contributed by atoms with E-state index in [0.717, 1.165) is 5.56 Å². The molecule has 0 aliphatic heterocycles. The van der Waals surface area contributed by atoms with Crippen molar-refractivity contribution in [3.8, 4) is 11.4 Å². The number of allylic oxidation sites excluding steroid dienone is 1. The van der Waals surface area contributed by atoms with E-state index >= 15 is 0 Å². The van der Waals surface area contributed by atoms with Gasteiger partial charge < -0.3 is 5.32 Å². The highest BCUT2D eigenvalue weighted by Gasteiger charge is 2.16. The lowest BCUT2D eigenvalue weighted by Crippen LogP contribution is -2.15. The van der Waals surface area contributed by atoms with Crippen LogP contribution in [0.15, 0.2) is 54.2 Å². The fourth-order valence-electron chi connectivity index (χ4n) is 2.45. The molecule has 0 saturated heterocycles. The predicted molar refractivity (Wildman–Crippen MR) is 121 cm³/mol.